The number of fused-ring (bicyclic) bond motifs is 1. The Kier molecular flexibility index (Phi) is 4.00. The van der Waals surface area contributed by atoms with E-state index < -0.39 is 5.97 Å². The number of aryl methyl sites for hydroxylation is 3. The minimum absolute atomic E-state index is 0.0862. The fourth-order valence-corrected chi connectivity index (χ4v) is 3.44. The Morgan fingerprint density at radius 2 is 2.19 bits per heavy atom. The molecule has 4 aromatic heterocycles. The number of aromatic nitrogens is 5. The van der Waals surface area contributed by atoms with E-state index in [4.69, 9.17) is 9.15 Å². The SMILES string of the molecule is Cc1nnc(COC(=O)c2cc(-c3cccs3)nc3c2c(C)nn3C)o1. The van der Waals surface area contributed by atoms with E-state index in [1.807, 2.05) is 24.4 Å². The lowest BCUT2D eigenvalue weighted by atomic mass is 10.1. The summed E-state index contributed by atoms with van der Waals surface area (Å²) >= 11 is 1.55. The van der Waals surface area contributed by atoms with Crippen LogP contribution in [0.25, 0.3) is 21.6 Å². The zero-order valence-corrected chi connectivity index (χ0v) is 15.2. The van der Waals surface area contributed by atoms with Crippen molar-refractivity contribution < 1.29 is 13.9 Å². The first-order valence-corrected chi connectivity index (χ1v) is 8.75. The maximum atomic E-state index is 12.7. The molecule has 0 N–H and O–H groups in total. The number of hydrogen-bond donors (Lipinski definition) is 0. The van der Waals surface area contributed by atoms with Gasteiger partial charge in [0.1, 0.15) is 0 Å². The maximum absolute atomic E-state index is 12.7. The Labute approximate surface area is 152 Å². The summed E-state index contributed by atoms with van der Waals surface area (Å²) in [4.78, 5) is 18.4. The van der Waals surface area contributed by atoms with Crippen LogP contribution in [-0.4, -0.2) is 30.9 Å². The first kappa shape index (κ1) is 16.4. The van der Waals surface area contributed by atoms with Crippen LogP contribution in [0.2, 0.25) is 0 Å². The molecule has 0 aliphatic rings. The molecule has 0 aliphatic heterocycles. The largest absolute Gasteiger partial charge is 0.452 e. The fraction of sp³-hybridized carbons (Fsp3) is 0.235. The van der Waals surface area contributed by atoms with Crippen molar-refractivity contribution in [2.75, 3.05) is 0 Å². The molecule has 9 heteroatoms. The van der Waals surface area contributed by atoms with Crippen molar-refractivity contribution in [1.29, 1.82) is 0 Å². The summed E-state index contributed by atoms with van der Waals surface area (Å²) in [5.74, 6) is 0.190. The molecule has 26 heavy (non-hydrogen) atoms. The molecule has 0 aliphatic carbocycles. The lowest BCUT2D eigenvalue weighted by Gasteiger charge is -2.07. The summed E-state index contributed by atoms with van der Waals surface area (Å²) in [5.41, 5.74) is 2.47. The van der Waals surface area contributed by atoms with Crippen molar-refractivity contribution in [2.45, 2.75) is 20.5 Å². The van der Waals surface area contributed by atoms with Gasteiger partial charge in [-0.3, -0.25) is 4.68 Å². The van der Waals surface area contributed by atoms with E-state index in [1.54, 1.807) is 36.1 Å². The Morgan fingerprint density at radius 3 is 2.88 bits per heavy atom. The smallest absolute Gasteiger partial charge is 0.339 e. The van der Waals surface area contributed by atoms with E-state index in [2.05, 4.69) is 20.3 Å². The Bertz CT molecular complexity index is 1100. The van der Waals surface area contributed by atoms with Gasteiger partial charge in [-0.05, 0) is 24.4 Å². The average molecular weight is 369 g/mol. The highest BCUT2D eigenvalue weighted by Crippen LogP contribution is 2.29. The summed E-state index contributed by atoms with van der Waals surface area (Å²) in [6, 6.07) is 5.64. The van der Waals surface area contributed by atoms with Crippen LogP contribution in [0, 0.1) is 13.8 Å². The molecule has 0 radical (unpaired) electrons. The van der Waals surface area contributed by atoms with Gasteiger partial charge in [-0.2, -0.15) is 5.10 Å². The van der Waals surface area contributed by atoms with Crippen molar-refractivity contribution in [3.8, 4) is 10.6 Å². The third-order valence-corrected chi connectivity index (χ3v) is 4.75. The fourth-order valence-electron chi connectivity index (χ4n) is 2.76. The number of hydrogen-bond acceptors (Lipinski definition) is 8. The first-order valence-electron chi connectivity index (χ1n) is 7.87. The molecule has 4 rings (SSSR count). The van der Waals surface area contributed by atoms with Gasteiger partial charge in [-0.15, -0.1) is 21.5 Å². The highest BCUT2D eigenvalue weighted by molar-refractivity contribution is 7.13. The molecule has 0 spiro atoms. The molecule has 0 saturated heterocycles. The zero-order valence-electron chi connectivity index (χ0n) is 14.4. The first-order chi connectivity index (χ1) is 12.5. The van der Waals surface area contributed by atoms with Crippen LogP contribution in [0.3, 0.4) is 0 Å². The van der Waals surface area contributed by atoms with Gasteiger partial charge in [0.25, 0.3) is 5.89 Å². The molecule has 4 aromatic rings. The zero-order chi connectivity index (χ0) is 18.3. The van der Waals surface area contributed by atoms with Crippen LogP contribution in [0.15, 0.2) is 28.0 Å². The van der Waals surface area contributed by atoms with Crippen LogP contribution in [0.1, 0.15) is 27.8 Å². The van der Waals surface area contributed by atoms with Crippen LogP contribution in [0.5, 0.6) is 0 Å². The van der Waals surface area contributed by atoms with E-state index in [9.17, 15) is 4.79 Å². The molecule has 0 bridgehead atoms. The van der Waals surface area contributed by atoms with Gasteiger partial charge < -0.3 is 9.15 Å². The van der Waals surface area contributed by atoms with Gasteiger partial charge in [-0.1, -0.05) is 6.07 Å². The van der Waals surface area contributed by atoms with Crippen molar-refractivity contribution in [2.24, 2.45) is 7.05 Å². The molecular formula is C17H15N5O3S. The van der Waals surface area contributed by atoms with Crippen LogP contribution in [-0.2, 0) is 18.4 Å². The summed E-state index contributed by atoms with van der Waals surface area (Å²) in [6.07, 6.45) is 0. The molecule has 0 aromatic carbocycles. The molecule has 0 unspecified atom stereocenters. The van der Waals surface area contributed by atoms with Crippen molar-refractivity contribution in [3.05, 3.63) is 46.6 Å². The topological polar surface area (TPSA) is 95.9 Å². The van der Waals surface area contributed by atoms with Gasteiger partial charge in [0, 0.05) is 14.0 Å². The quantitative estimate of drug-likeness (QED) is 0.510. The molecule has 8 nitrogen and oxygen atoms in total. The summed E-state index contributed by atoms with van der Waals surface area (Å²) in [7, 11) is 1.80. The predicted octanol–water partition coefficient (Wildman–Crippen LogP) is 3.05. The standard InChI is InChI=1S/C17H15N5O3S/c1-9-15-11(17(23)24-8-14-20-19-10(2)25-14)7-12(13-5-4-6-26-13)18-16(15)22(3)21-9/h4-7H,8H2,1-3H3. The van der Waals surface area contributed by atoms with Gasteiger partial charge >= 0.3 is 5.97 Å². The molecular weight excluding hydrogens is 354 g/mol. The minimum atomic E-state index is -0.484. The van der Waals surface area contributed by atoms with Crippen molar-refractivity contribution in [1.82, 2.24) is 25.0 Å². The van der Waals surface area contributed by atoms with Gasteiger partial charge in [0.15, 0.2) is 12.3 Å². The molecule has 0 saturated carbocycles. The Balaban J connectivity index is 1.75. The number of esters is 1. The number of thiophene rings is 1. The molecule has 4 heterocycles. The van der Waals surface area contributed by atoms with Crippen molar-refractivity contribution in [3.63, 3.8) is 0 Å². The summed E-state index contributed by atoms with van der Waals surface area (Å²) in [6.45, 7) is 3.43. The third-order valence-electron chi connectivity index (χ3n) is 3.86. The Hall–Kier alpha value is -3.07. The number of ether oxygens (including phenoxy) is 1. The summed E-state index contributed by atoms with van der Waals surface area (Å²) < 4.78 is 12.3. The normalized spacial score (nSPS) is 11.2. The van der Waals surface area contributed by atoms with Crippen LogP contribution >= 0.6 is 11.3 Å². The second kappa shape index (κ2) is 6.34. The molecule has 0 atom stereocenters. The molecule has 0 fully saturated rings. The lowest BCUT2D eigenvalue weighted by molar-refractivity contribution is 0.0439. The maximum Gasteiger partial charge on any atom is 0.339 e. The Morgan fingerprint density at radius 1 is 1.35 bits per heavy atom. The number of carbonyl (C=O) groups excluding carboxylic acids is 1. The van der Waals surface area contributed by atoms with Gasteiger partial charge in [0.05, 0.1) is 27.2 Å². The van der Waals surface area contributed by atoms with E-state index in [0.717, 1.165) is 4.88 Å². The average Bonchev–Trinajstić information content (AvgIpc) is 3.34. The van der Waals surface area contributed by atoms with E-state index in [0.29, 0.717) is 33.9 Å². The number of carbonyl (C=O) groups is 1. The van der Waals surface area contributed by atoms with E-state index >= 15 is 0 Å². The van der Waals surface area contributed by atoms with E-state index in [-0.39, 0.29) is 12.5 Å². The van der Waals surface area contributed by atoms with E-state index in [1.165, 1.54) is 0 Å². The second-order valence-electron chi connectivity index (χ2n) is 5.73. The molecule has 0 amide bonds. The highest BCUT2D eigenvalue weighted by Gasteiger charge is 2.21. The van der Waals surface area contributed by atoms with Crippen LogP contribution < -0.4 is 0 Å². The second-order valence-corrected chi connectivity index (χ2v) is 6.68. The minimum Gasteiger partial charge on any atom is -0.452 e. The monoisotopic (exact) mass is 369 g/mol. The molecule has 132 valence electrons. The van der Waals surface area contributed by atoms with Gasteiger partial charge in [-0.25, -0.2) is 9.78 Å². The van der Waals surface area contributed by atoms with Crippen LogP contribution in [0.4, 0.5) is 0 Å². The number of pyridine rings is 1. The number of rotatable bonds is 4. The van der Waals surface area contributed by atoms with Crippen molar-refractivity contribution >= 4 is 28.3 Å². The van der Waals surface area contributed by atoms with Gasteiger partial charge in [0.2, 0.25) is 5.89 Å². The number of nitrogens with zero attached hydrogens (tertiary/aromatic N) is 5. The highest BCUT2D eigenvalue weighted by atomic mass is 32.1. The lowest BCUT2D eigenvalue weighted by Crippen LogP contribution is -2.07. The predicted molar refractivity (Wildman–Crippen MR) is 94.7 cm³/mol. The third kappa shape index (κ3) is 2.86. The summed E-state index contributed by atoms with van der Waals surface area (Å²) in [5, 5.41) is 14.6.